The minimum Gasteiger partial charge on any atom is -0.508 e. The third kappa shape index (κ3) is 2.84. The molecule has 0 bridgehead atoms. The van der Waals surface area contributed by atoms with Gasteiger partial charge in [-0.25, -0.2) is 0 Å². The highest BCUT2D eigenvalue weighted by Gasteiger charge is 2.05. The fraction of sp³-hybridized carbons (Fsp3) is 0.0714. The van der Waals surface area contributed by atoms with Crippen LogP contribution in [0.15, 0.2) is 46.9 Å². The number of hydrogen-bond acceptors (Lipinski definition) is 3. The molecule has 1 N–H and O–H groups in total. The summed E-state index contributed by atoms with van der Waals surface area (Å²) in [5.41, 5.74) is 0.765. The van der Waals surface area contributed by atoms with Gasteiger partial charge in [0.2, 0.25) is 5.78 Å². The Labute approximate surface area is 99.0 Å². The molecule has 0 saturated heterocycles. The zero-order chi connectivity index (χ0) is 12.3. The van der Waals surface area contributed by atoms with Crippen molar-refractivity contribution in [3.05, 3.63) is 59.6 Å². The number of carbonyl (C=O) groups excluding carboxylic acids is 1. The van der Waals surface area contributed by atoms with Crippen LogP contribution in [-0.4, -0.2) is 10.9 Å². The van der Waals surface area contributed by atoms with Crippen LogP contribution >= 0.6 is 0 Å². The van der Waals surface area contributed by atoms with Gasteiger partial charge in [-0.05, 0) is 42.8 Å². The van der Waals surface area contributed by atoms with E-state index in [1.54, 1.807) is 49.4 Å². The molecular weight excluding hydrogens is 216 g/mol. The van der Waals surface area contributed by atoms with Crippen LogP contribution in [0.5, 0.6) is 5.75 Å². The molecule has 86 valence electrons. The molecule has 0 radical (unpaired) electrons. The zero-order valence-corrected chi connectivity index (χ0v) is 9.38. The van der Waals surface area contributed by atoms with Crippen LogP contribution in [0.2, 0.25) is 0 Å². The van der Waals surface area contributed by atoms with E-state index < -0.39 is 0 Å². The number of aryl methyl sites for hydroxylation is 1. The van der Waals surface area contributed by atoms with Crippen LogP contribution in [-0.2, 0) is 0 Å². The number of ketones is 1. The molecule has 2 rings (SSSR count). The molecule has 1 heterocycles. The van der Waals surface area contributed by atoms with Crippen molar-refractivity contribution in [2.75, 3.05) is 0 Å². The third-order valence-corrected chi connectivity index (χ3v) is 2.28. The Morgan fingerprint density at radius 3 is 2.76 bits per heavy atom. The molecule has 2 aromatic rings. The summed E-state index contributed by atoms with van der Waals surface area (Å²) < 4.78 is 5.21. The molecule has 1 aromatic carbocycles. The van der Waals surface area contributed by atoms with Crippen LogP contribution in [0, 0.1) is 6.92 Å². The van der Waals surface area contributed by atoms with E-state index in [2.05, 4.69) is 0 Å². The van der Waals surface area contributed by atoms with E-state index in [0.29, 0.717) is 11.5 Å². The number of rotatable bonds is 3. The molecule has 0 unspecified atom stereocenters. The smallest absolute Gasteiger partial charge is 0.221 e. The Bertz CT molecular complexity index is 564. The monoisotopic (exact) mass is 228 g/mol. The van der Waals surface area contributed by atoms with E-state index in [0.717, 1.165) is 5.56 Å². The average Bonchev–Trinajstić information content (AvgIpc) is 2.73. The van der Waals surface area contributed by atoms with E-state index in [4.69, 9.17) is 4.42 Å². The second-order valence-corrected chi connectivity index (χ2v) is 3.70. The number of carbonyl (C=O) groups is 1. The van der Waals surface area contributed by atoms with Gasteiger partial charge in [-0.1, -0.05) is 18.2 Å². The first-order chi connectivity index (χ1) is 8.15. The molecule has 3 nitrogen and oxygen atoms in total. The lowest BCUT2D eigenvalue weighted by Gasteiger charge is -1.94. The highest BCUT2D eigenvalue weighted by molar-refractivity contribution is 6.04. The van der Waals surface area contributed by atoms with Crippen LogP contribution in [0.25, 0.3) is 6.08 Å². The Morgan fingerprint density at radius 2 is 2.12 bits per heavy atom. The number of phenols is 1. The Balaban J connectivity index is 2.13. The van der Waals surface area contributed by atoms with Gasteiger partial charge in [0.15, 0.2) is 5.76 Å². The minimum atomic E-state index is -0.193. The van der Waals surface area contributed by atoms with Crippen LogP contribution in [0.4, 0.5) is 0 Å². The van der Waals surface area contributed by atoms with Crippen molar-refractivity contribution in [2.45, 2.75) is 6.92 Å². The van der Waals surface area contributed by atoms with Gasteiger partial charge in [0.25, 0.3) is 0 Å². The standard InChI is InChI=1S/C14H12O3/c1-10-5-8-14(17-10)13(16)7-6-11-3-2-4-12(15)9-11/h2-9,15H,1H3/b7-6+. The van der Waals surface area contributed by atoms with Crippen molar-refractivity contribution < 1.29 is 14.3 Å². The first-order valence-electron chi connectivity index (χ1n) is 5.23. The van der Waals surface area contributed by atoms with Gasteiger partial charge in [-0.15, -0.1) is 0 Å². The van der Waals surface area contributed by atoms with Gasteiger partial charge < -0.3 is 9.52 Å². The van der Waals surface area contributed by atoms with Crippen molar-refractivity contribution in [3.63, 3.8) is 0 Å². The van der Waals surface area contributed by atoms with Gasteiger partial charge in [0, 0.05) is 0 Å². The lowest BCUT2D eigenvalue weighted by Crippen LogP contribution is -1.90. The van der Waals surface area contributed by atoms with Gasteiger partial charge in [-0.3, -0.25) is 4.79 Å². The molecule has 0 fully saturated rings. The summed E-state index contributed by atoms with van der Waals surface area (Å²) in [5.74, 6) is 1.01. The first-order valence-corrected chi connectivity index (χ1v) is 5.23. The first kappa shape index (κ1) is 11.2. The maximum absolute atomic E-state index is 11.7. The average molecular weight is 228 g/mol. The van der Waals surface area contributed by atoms with E-state index >= 15 is 0 Å². The van der Waals surface area contributed by atoms with Crippen molar-refractivity contribution in [1.82, 2.24) is 0 Å². The molecule has 0 aliphatic rings. The van der Waals surface area contributed by atoms with Crippen molar-refractivity contribution in [3.8, 4) is 5.75 Å². The number of benzene rings is 1. The Hall–Kier alpha value is -2.29. The molecule has 17 heavy (non-hydrogen) atoms. The van der Waals surface area contributed by atoms with Gasteiger partial charge in [0.05, 0.1) is 0 Å². The largest absolute Gasteiger partial charge is 0.508 e. The summed E-state index contributed by atoms with van der Waals surface area (Å²) in [6, 6.07) is 10.1. The molecule has 0 saturated carbocycles. The van der Waals surface area contributed by atoms with Crippen LogP contribution < -0.4 is 0 Å². The van der Waals surface area contributed by atoms with Crippen LogP contribution in [0.1, 0.15) is 21.9 Å². The predicted octanol–water partition coefficient (Wildman–Crippen LogP) is 3.19. The second-order valence-electron chi connectivity index (χ2n) is 3.70. The number of furan rings is 1. The number of phenolic OH excluding ortho intramolecular Hbond substituents is 1. The summed E-state index contributed by atoms with van der Waals surface area (Å²) >= 11 is 0. The summed E-state index contributed by atoms with van der Waals surface area (Å²) in [5, 5.41) is 9.26. The fourth-order valence-corrected chi connectivity index (χ4v) is 1.45. The number of aromatic hydroxyl groups is 1. The van der Waals surface area contributed by atoms with E-state index in [1.165, 1.54) is 6.08 Å². The maximum Gasteiger partial charge on any atom is 0.221 e. The zero-order valence-electron chi connectivity index (χ0n) is 9.38. The minimum absolute atomic E-state index is 0.174. The lowest BCUT2D eigenvalue weighted by atomic mass is 10.2. The van der Waals surface area contributed by atoms with E-state index in [-0.39, 0.29) is 11.5 Å². The van der Waals surface area contributed by atoms with Crippen molar-refractivity contribution in [1.29, 1.82) is 0 Å². The quantitative estimate of drug-likeness (QED) is 0.648. The number of hydrogen-bond donors (Lipinski definition) is 1. The van der Waals surface area contributed by atoms with Crippen LogP contribution in [0.3, 0.4) is 0 Å². The third-order valence-electron chi connectivity index (χ3n) is 2.28. The second kappa shape index (κ2) is 4.70. The molecule has 0 amide bonds. The van der Waals surface area contributed by atoms with Crippen molar-refractivity contribution >= 4 is 11.9 Å². The van der Waals surface area contributed by atoms with Gasteiger partial charge in [0.1, 0.15) is 11.5 Å². The maximum atomic E-state index is 11.7. The molecule has 0 aliphatic carbocycles. The highest BCUT2D eigenvalue weighted by Crippen LogP contribution is 2.13. The number of allylic oxidation sites excluding steroid dienone is 1. The predicted molar refractivity (Wildman–Crippen MR) is 64.9 cm³/mol. The summed E-state index contributed by atoms with van der Waals surface area (Å²) in [4.78, 5) is 11.7. The highest BCUT2D eigenvalue weighted by atomic mass is 16.3. The molecule has 1 aromatic heterocycles. The van der Waals surface area contributed by atoms with E-state index in [9.17, 15) is 9.90 Å². The molecular formula is C14H12O3. The molecule has 3 heteroatoms. The molecule has 0 aliphatic heterocycles. The summed E-state index contributed by atoms with van der Waals surface area (Å²) in [6.45, 7) is 1.79. The molecule has 0 spiro atoms. The SMILES string of the molecule is Cc1ccc(C(=O)/C=C/c2cccc(O)c2)o1. The van der Waals surface area contributed by atoms with E-state index in [1.807, 2.05) is 0 Å². The summed E-state index contributed by atoms with van der Waals surface area (Å²) in [6.07, 6.45) is 3.06. The fourth-order valence-electron chi connectivity index (χ4n) is 1.45. The van der Waals surface area contributed by atoms with Crippen molar-refractivity contribution in [2.24, 2.45) is 0 Å². The topological polar surface area (TPSA) is 50.4 Å². The van der Waals surface area contributed by atoms with Gasteiger partial charge in [-0.2, -0.15) is 0 Å². The molecule has 0 atom stereocenters. The summed E-state index contributed by atoms with van der Waals surface area (Å²) in [7, 11) is 0. The Kier molecular flexibility index (Phi) is 3.10. The Morgan fingerprint density at radius 1 is 1.29 bits per heavy atom. The van der Waals surface area contributed by atoms with Gasteiger partial charge >= 0.3 is 0 Å². The lowest BCUT2D eigenvalue weighted by molar-refractivity contribution is 0.102. The normalized spacial score (nSPS) is 10.9.